The Balaban J connectivity index is 1.73. The number of nitrogens with zero attached hydrogens (tertiary/aromatic N) is 4. The minimum atomic E-state index is -4.60. The number of aromatic nitrogens is 4. The molecule has 0 spiro atoms. The number of hydrogen-bond acceptors (Lipinski definition) is 7. The molecular formula is C21H20F4N6O. The van der Waals surface area contributed by atoms with Gasteiger partial charge in [0, 0.05) is 18.8 Å². The second-order valence-corrected chi connectivity index (χ2v) is 7.18. The number of fused-ring (bicyclic) bond motifs is 4. The molecule has 1 aliphatic rings. The molecule has 4 bridgehead atoms. The van der Waals surface area contributed by atoms with Gasteiger partial charge in [-0.2, -0.15) is 28.1 Å². The van der Waals surface area contributed by atoms with Gasteiger partial charge in [-0.3, -0.25) is 0 Å². The van der Waals surface area contributed by atoms with E-state index in [0.717, 1.165) is 24.5 Å². The fraction of sp³-hybridized carbons (Fsp3) is 0.333. The molecule has 3 heterocycles. The van der Waals surface area contributed by atoms with Crippen molar-refractivity contribution in [2.45, 2.75) is 25.4 Å². The fourth-order valence-corrected chi connectivity index (χ4v) is 3.21. The zero-order valence-electron chi connectivity index (χ0n) is 16.9. The summed E-state index contributed by atoms with van der Waals surface area (Å²) >= 11 is 0. The van der Waals surface area contributed by atoms with Crippen LogP contribution < -0.4 is 10.6 Å². The summed E-state index contributed by atoms with van der Waals surface area (Å²) in [6, 6.07) is 8.02. The molecule has 1 aromatic carbocycles. The molecule has 0 saturated heterocycles. The third-order valence-corrected chi connectivity index (χ3v) is 4.65. The van der Waals surface area contributed by atoms with Crippen LogP contribution in [-0.4, -0.2) is 39.7 Å². The highest BCUT2D eigenvalue weighted by Gasteiger charge is 2.32. The zero-order valence-corrected chi connectivity index (χ0v) is 16.9. The summed E-state index contributed by atoms with van der Waals surface area (Å²) in [5, 5.41) is 5.90. The number of aryl methyl sites for hydroxylation is 1. The van der Waals surface area contributed by atoms with E-state index in [9.17, 15) is 17.6 Å². The van der Waals surface area contributed by atoms with Crippen LogP contribution in [0, 0.1) is 5.82 Å². The quantitative estimate of drug-likeness (QED) is 0.527. The molecule has 0 unspecified atom stereocenters. The molecule has 0 radical (unpaired) electrons. The van der Waals surface area contributed by atoms with E-state index < -0.39 is 17.7 Å². The molecule has 1 aliphatic heterocycles. The Bertz CT molecular complexity index is 1090. The summed E-state index contributed by atoms with van der Waals surface area (Å²) in [7, 11) is 0. The number of alkyl halides is 3. The average molecular weight is 448 g/mol. The van der Waals surface area contributed by atoms with Gasteiger partial charge in [0.15, 0.2) is 5.82 Å². The predicted octanol–water partition coefficient (Wildman–Crippen LogP) is 4.60. The molecule has 0 atom stereocenters. The highest BCUT2D eigenvalue weighted by atomic mass is 19.4. The van der Waals surface area contributed by atoms with Crippen LogP contribution in [0.2, 0.25) is 0 Å². The molecule has 3 aromatic rings. The number of hydrogen-bond donors (Lipinski definition) is 2. The molecule has 0 fully saturated rings. The van der Waals surface area contributed by atoms with E-state index in [-0.39, 0.29) is 23.4 Å². The lowest BCUT2D eigenvalue weighted by molar-refractivity contribution is -0.141. The molecule has 2 aromatic heterocycles. The van der Waals surface area contributed by atoms with Crippen molar-refractivity contribution in [3.8, 4) is 11.5 Å². The van der Waals surface area contributed by atoms with E-state index >= 15 is 0 Å². The number of pyridine rings is 1. The predicted molar refractivity (Wildman–Crippen MR) is 110 cm³/mol. The van der Waals surface area contributed by atoms with E-state index in [4.69, 9.17) is 4.74 Å². The first-order valence-electron chi connectivity index (χ1n) is 10.1. The lowest BCUT2D eigenvalue weighted by Crippen LogP contribution is -2.14. The lowest BCUT2D eigenvalue weighted by Gasteiger charge is -2.12. The fourth-order valence-electron chi connectivity index (χ4n) is 3.21. The van der Waals surface area contributed by atoms with E-state index in [2.05, 4.69) is 30.6 Å². The van der Waals surface area contributed by atoms with Crippen LogP contribution in [0.25, 0.3) is 11.5 Å². The number of anilines is 3. The van der Waals surface area contributed by atoms with E-state index in [1.807, 2.05) is 0 Å². The second kappa shape index (κ2) is 9.43. The van der Waals surface area contributed by atoms with Crippen LogP contribution in [0.4, 0.5) is 35.1 Å². The largest absolute Gasteiger partial charge is 0.433 e. The zero-order chi connectivity index (χ0) is 22.6. The number of halogens is 4. The maximum absolute atomic E-state index is 14.1. The first-order valence-corrected chi connectivity index (χ1v) is 10.1. The van der Waals surface area contributed by atoms with E-state index in [1.165, 1.54) is 24.3 Å². The number of benzene rings is 1. The molecule has 2 N–H and O–H groups in total. The Morgan fingerprint density at radius 1 is 0.906 bits per heavy atom. The normalized spacial score (nSPS) is 15.1. The maximum Gasteiger partial charge on any atom is 0.433 e. The molecule has 0 aliphatic carbocycles. The van der Waals surface area contributed by atoms with Crippen molar-refractivity contribution >= 4 is 17.6 Å². The van der Waals surface area contributed by atoms with Crippen molar-refractivity contribution in [1.82, 2.24) is 19.9 Å². The summed E-state index contributed by atoms with van der Waals surface area (Å²) in [6.45, 7) is 1.35. The first-order chi connectivity index (χ1) is 15.4. The van der Waals surface area contributed by atoms with E-state index in [1.54, 1.807) is 6.07 Å². The Hall–Kier alpha value is -3.34. The van der Waals surface area contributed by atoms with Crippen LogP contribution in [0.3, 0.4) is 0 Å². The van der Waals surface area contributed by atoms with Gasteiger partial charge in [0.05, 0.1) is 6.61 Å². The van der Waals surface area contributed by atoms with Crippen LogP contribution >= 0.6 is 0 Å². The van der Waals surface area contributed by atoms with Crippen molar-refractivity contribution in [2.75, 3.05) is 30.4 Å². The van der Waals surface area contributed by atoms with Crippen LogP contribution in [0.15, 0.2) is 36.4 Å². The van der Waals surface area contributed by atoms with Gasteiger partial charge >= 0.3 is 6.18 Å². The summed E-state index contributed by atoms with van der Waals surface area (Å²) in [5.74, 6) is -0.299. The molecule has 4 rings (SSSR count). The third kappa shape index (κ3) is 5.67. The van der Waals surface area contributed by atoms with E-state index in [0.29, 0.717) is 31.9 Å². The van der Waals surface area contributed by atoms with Crippen molar-refractivity contribution in [3.05, 3.63) is 53.5 Å². The van der Waals surface area contributed by atoms with Gasteiger partial charge in [-0.05, 0) is 55.2 Å². The van der Waals surface area contributed by atoms with Gasteiger partial charge in [0.2, 0.25) is 11.9 Å². The first kappa shape index (κ1) is 21.9. The Morgan fingerprint density at radius 2 is 1.75 bits per heavy atom. The van der Waals surface area contributed by atoms with Gasteiger partial charge < -0.3 is 15.4 Å². The van der Waals surface area contributed by atoms with Gasteiger partial charge in [0.25, 0.3) is 0 Å². The Labute approximate surface area is 181 Å². The van der Waals surface area contributed by atoms with Crippen molar-refractivity contribution < 1.29 is 22.3 Å². The van der Waals surface area contributed by atoms with Crippen LogP contribution in [-0.2, 0) is 17.3 Å². The number of ether oxygens (including phenoxy) is 1. The van der Waals surface area contributed by atoms with Crippen LogP contribution in [0.5, 0.6) is 0 Å². The second-order valence-electron chi connectivity index (χ2n) is 7.18. The Morgan fingerprint density at radius 3 is 2.59 bits per heavy atom. The summed E-state index contributed by atoms with van der Waals surface area (Å²) in [5.41, 5.74) is 0.101. The molecule has 7 nitrogen and oxygen atoms in total. The molecule has 168 valence electrons. The average Bonchev–Trinajstić information content (AvgIpc) is 2.74. The molecule has 0 amide bonds. The monoisotopic (exact) mass is 448 g/mol. The highest BCUT2D eigenvalue weighted by molar-refractivity contribution is 5.59. The minimum absolute atomic E-state index is 0.0454. The smallest absolute Gasteiger partial charge is 0.380 e. The molecular weight excluding hydrogens is 428 g/mol. The number of rotatable bonds is 1. The summed E-state index contributed by atoms with van der Waals surface area (Å²) in [4.78, 5) is 16.3. The minimum Gasteiger partial charge on any atom is -0.380 e. The summed E-state index contributed by atoms with van der Waals surface area (Å²) in [6.07, 6.45) is -2.26. The van der Waals surface area contributed by atoms with Gasteiger partial charge in [-0.15, -0.1) is 0 Å². The van der Waals surface area contributed by atoms with Crippen molar-refractivity contribution in [2.24, 2.45) is 0 Å². The summed E-state index contributed by atoms with van der Waals surface area (Å²) < 4.78 is 59.0. The van der Waals surface area contributed by atoms with Gasteiger partial charge in [-0.1, -0.05) is 6.07 Å². The standard InChI is InChI=1S/C21H20F4N6O/c22-14-10-13-4-1-2-8-32-9-7-26-19-29-18(30-20(31-19)27-15(11-13)12-14)16-5-3-6-17(28-16)21(23,24)25/h3,5-6,10-12H,1-2,4,7-9H2,(H2,26,27,29,30,31). The SMILES string of the molecule is Fc1cc2cc(c1)Nc1nc(nc(-c3cccc(C(F)(F)F)n3)n1)NCCOCCCC2. The maximum atomic E-state index is 14.1. The van der Waals surface area contributed by atoms with Crippen LogP contribution in [0.1, 0.15) is 24.1 Å². The topological polar surface area (TPSA) is 84.9 Å². The van der Waals surface area contributed by atoms with Crippen molar-refractivity contribution in [3.63, 3.8) is 0 Å². The van der Waals surface area contributed by atoms with Crippen molar-refractivity contribution in [1.29, 1.82) is 0 Å². The lowest BCUT2D eigenvalue weighted by atomic mass is 10.1. The Kier molecular flexibility index (Phi) is 6.45. The number of nitrogens with one attached hydrogen (secondary N) is 2. The molecule has 11 heteroatoms. The molecule has 0 saturated carbocycles. The van der Waals surface area contributed by atoms with Gasteiger partial charge in [0.1, 0.15) is 17.2 Å². The molecule has 32 heavy (non-hydrogen) atoms. The van der Waals surface area contributed by atoms with Gasteiger partial charge in [-0.25, -0.2) is 9.37 Å². The highest BCUT2D eigenvalue weighted by Crippen LogP contribution is 2.29. The third-order valence-electron chi connectivity index (χ3n) is 4.65.